The molecule has 2 aliphatic heterocycles. The average molecular weight is 346 g/mol. The molecular formula is C15H21F3N4O2. The Kier molecular flexibility index (Phi) is 4.56. The topological polar surface area (TPSA) is 50.6 Å². The summed E-state index contributed by atoms with van der Waals surface area (Å²) in [4.78, 5) is 16.6. The number of morpholine rings is 1. The van der Waals surface area contributed by atoms with Gasteiger partial charge >= 0.3 is 6.18 Å². The van der Waals surface area contributed by atoms with Crippen molar-refractivity contribution < 1.29 is 22.7 Å². The Morgan fingerprint density at radius 2 is 2.17 bits per heavy atom. The van der Waals surface area contributed by atoms with Crippen LogP contribution in [0, 0.1) is 6.92 Å². The van der Waals surface area contributed by atoms with E-state index in [4.69, 9.17) is 4.74 Å². The van der Waals surface area contributed by atoms with Crippen molar-refractivity contribution in [3.05, 3.63) is 17.5 Å². The lowest BCUT2D eigenvalue weighted by atomic mass is 9.98. The first-order valence-electron chi connectivity index (χ1n) is 7.96. The molecule has 0 radical (unpaired) electrons. The summed E-state index contributed by atoms with van der Waals surface area (Å²) in [5, 5.41) is 3.82. The number of ether oxygens (including phenoxy) is 1. The molecule has 2 aliphatic rings. The number of carbonyl (C=O) groups excluding carboxylic acids is 1. The van der Waals surface area contributed by atoms with Crippen LogP contribution in [-0.4, -0.2) is 77.1 Å². The third kappa shape index (κ3) is 3.56. The maximum absolute atomic E-state index is 12.7. The highest BCUT2D eigenvalue weighted by Gasteiger charge is 2.38. The van der Waals surface area contributed by atoms with Gasteiger partial charge in [0.2, 0.25) is 0 Å². The van der Waals surface area contributed by atoms with E-state index in [0.29, 0.717) is 25.4 Å². The lowest BCUT2D eigenvalue weighted by Crippen LogP contribution is -2.59. The normalized spacial score (nSPS) is 25.6. The Bertz CT molecular complexity index is 616. The van der Waals surface area contributed by atoms with Gasteiger partial charge in [-0.05, 0) is 20.4 Å². The minimum absolute atomic E-state index is 0.113. The predicted molar refractivity (Wildman–Crippen MR) is 79.7 cm³/mol. The lowest BCUT2D eigenvalue weighted by molar-refractivity contribution is -0.142. The maximum Gasteiger partial charge on any atom is 0.408 e. The molecule has 0 bridgehead atoms. The molecule has 6 nitrogen and oxygen atoms in total. The zero-order valence-corrected chi connectivity index (χ0v) is 13.7. The van der Waals surface area contributed by atoms with Crippen molar-refractivity contribution in [2.45, 2.75) is 38.2 Å². The van der Waals surface area contributed by atoms with Gasteiger partial charge in [0, 0.05) is 25.8 Å². The number of aryl methyl sites for hydroxylation is 1. The summed E-state index contributed by atoms with van der Waals surface area (Å²) >= 11 is 0. The monoisotopic (exact) mass is 346 g/mol. The van der Waals surface area contributed by atoms with Gasteiger partial charge < -0.3 is 9.64 Å². The minimum Gasteiger partial charge on any atom is -0.375 e. The van der Waals surface area contributed by atoms with Crippen LogP contribution in [0.5, 0.6) is 0 Å². The minimum atomic E-state index is -4.36. The van der Waals surface area contributed by atoms with Crippen molar-refractivity contribution in [1.29, 1.82) is 0 Å². The SMILES string of the molecule is Cc1nn(CC(F)(F)F)cc1C(=O)N1CC[C@@H]2OCCN(C)[C@H]2C1. The number of nitrogens with zero attached hydrogens (tertiary/aromatic N) is 4. The fourth-order valence-electron chi connectivity index (χ4n) is 3.39. The molecule has 2 atom stereocenters. The van der Waals surface area contributed by atoms with Gasteiger partial charge in [-0.25, -0.2) is 0 Å². The first kappa shape index (κ1) is 17.2. The van der Waals surface area contributed by atoms with Gasteiger partial charge in [-0.3, -0.25) is 14.4 Å². The van der Waals surface area contributed by atoms with Crippen molar-refractivity contribution in [2.75, 3.05) is 33.3 Å². The molecule has 0 spiro atoms. The number of likely N-dealkylation sites (tertiary alicyclic amines) is 1. The lowest BCUT2D eigenvalue weighted by Gasteiger charge is -2.45. The van der Waals surface area contributed by atoms with Crippen LogP contribution in [-0.2, 0) is 11.3 Å². The number of likely N-dealkylation sites (N-methyl/N-ethyl adjacent to an activating group) is 1. The Labute approximate surface area is 138 Å². The van der Waals surface area contributed by atoms with Crippen molar-refractivity contribution in [3.63, 3.8) is 0 Å². The molecule has 0 N–H and O–H groups in total. The highest BCUT2D eigenvalue weighted by atomic mass is 19.4. The fraction of sp³-hybridized carbons (Fsp3) is 0.733. The molecule has 1 aromatic heterocycles. The largest absolute Gasteiger partial charge is 0.408 e. The van der Waals surface area contributed by atoms with E-state index >= 15 is 0 Å². The van der Waals surface area contributed by atoms with Gasteiger partial charge in [0.25, 0.3) is 5.91 Å². The van der Waals surface area contributed by atoms with Crippen LogP contribution < -0.4 is 0 Å². The second-order valence-corrected chi connectivity index (χ2v) is 6.44. The zero-order valence-electron chi connectivity index (χ0n) is 13.7. The predicted octanol–water partition coefficient (Wildman–Crippen LogP) is 1.30. The molecule has 24 heavy (non-hydrogen) atoms. The molecule has 0 aromatic carbocycles. The number of hydrogen-bond donors (Lipinski definition) is 0. The molecular weight excluding hydrogens is 325 g/mol. The summed E-state index contributed by atoms with van der Waals surface area (Å²) in [6.07, 6.45) is -2.32. The van der Waals surface area contributed by atoms with E-state index in [0.717, 1.165) is 17.6 Å². The molecule has 3 rings (SSSR count). The van der Waals surface area contributed by atoms with Crippen LogP contribution >= 0.6 is 0 Å². The highest BCUT2D eigenvalue weighted by molar-refractivity contribution is 5.95. The third-order valence-electron chi connectivity index (χ3n) is 4.67. The summed E-state index contributed by atoms with van der Waals surface area (Å²) in [7, 11) is 2.00. The number of alkyl halides is 3. The van der Waals surface area contributed by atoms with Crippen LogP contribution in [0.3, 0.4) is 0 Å². The molecule has 1 amide bonds. The van der Waals surface area contributed by atoms with E-state index in [-0.39, 0.29) is 23.6 Å². The van der Waals surface area contributed by atoms with Crippen LogP contribution in [0.4, 0.5) is 13.2 Å². The van der Waals surface area contributed by atoms with Crippen molar-refractivity contribution in [2.24, 2.45) is 0 Å². The number of fused-ring (bicyclic) bond motifs is 1. The number of aromatic nitrogens is 2. The summed E-state index contributed by atoms with van der Waals surface area (Å²) in [6, 6.07) is 0.127. The molecule has 0 unspecified atom stereocenters. The Morgan fingerprint density at radius 3 is 2.88 bits per heavy atom. The molecule has 134 valence electrons. The maximum atomic E-state index is 12.7. The Balaban J connectivity index is 1.72. The molecule has 0 aliphatic carbocycles. The van der Waals surface area contributed by atoms with E-state index in [2.05, 4.69) is 10.00 Å². The first-order chi connectivity index (χ1) is 11.2. The molecule has 2 fully saturated rings. The number of carbonyl (C=O) groups is 1. The van der Waals surface area contributed by atoms with Crippen molar-refractivity contribution >= 4 is 5.91 Å². The summed E-state index contributed by atoms with van der Waals surface area (Å²) in [5.74, 6) is -0.265. The smallest absolute Gasteiger partial charge is 0.375 e. The van der Waals surface area contributed by atoms with E-state index in [1.54, 1.807) is 11.8 Å². The fourth-order valence-corrected chi connectivity index (χ4v) is 3.39. The van der Waals surface area contributed by atoms with Crippen LogP contribution in [0.15, 0.2) is 6.20 Å². The van der Waals surface area contributed by atoms with E-state index < -0.39 is 12.7 Å². The summed E-state index contributed by atoms with van der Waals surface area (Å²) in [6.45, 7) is 2.92. The van der Waals surface area contributed by atoms with Crippen LogP contribution in [0.25, 0.3) is 0 Å². The van der Waals surface area contributed by atoms with Gasteiger partial charge in [-0.15, -0.1) is 0 Å². The Morgan fingerprint density at radius 1 is 1.42 bits per heavy atom. The number of halogens is 3. The molecule has 0 saturated carbocycles. The van der Waals surface area contributed by atoms with Gasteiger partial charge in [0.05, 0.1) is 30.0 Å². The van der Waals surface area contributed by atoms with Gasteiger partial charge in [-0.1, -0.05) is 0 Å². The van der Waals surface area contributed by atoms with Gasteiger partial charge in [-0.2, -0.15) is 18.3 Å². The second kappa shape index (κ2) is 6.36. The third-order valence-corrected chi connectivity index (χ3v) is 4.67. The second-order valence-electron chi connectivity index (χ2n) is 6.44. The quantitative estimate of drug-likeness (QED) is 0.810. The van der Waals surface area contributed by atoms with Crippen molar-refractivity contribution in [3.8, 4) is 0 Å². The van der Waals surface area contributed by atoms with E-state index in [1.165, 1.54) is 6.20 Å². The van der Waals surface area contributed by atoms with Crippen LogP contribution in [0.1, 0.15) is 22.5 Å². The summed E-state index contributed by atoms with van der Waals surface area (Å²) in [5.41, 5.74) is 0.553. The van der Waals surface area contributed by atoms with Gasteiger partial charge in [0.1, 0.15) is 6.54 Å². The number of rotatable bonds is 2. The highest BCUT2D eigenvalue weighted by Crippen LogP contribution is 2.24. The number of piperidine rings is 1. The van der Waals surface area contributed by atoms with E-state index in [9.17, 15) is 18.0 Å². The molecule has 9 heteroatoms. The van der Waals surface area contributed by atoms with E-state index in [1.807, 2.05) is 7.05 Å². The van der Waals surface area contributed by atoms with Crippen LogP contribution in [0.2, 0.25) is 0 Å². The average Bonchev–Trinajstić information content (AvgIpc) is 2.85. The van der Waals surface area contributed by atoms with Crippen molar-refractivity contribution in [1.82, 2.24) is 19.6 Å². The zero-order chi connectivity index (χ0) is 17.5. The number of hydrogen-bond acceptors (Lipinski definition) is 4. The first-order valence-corrected chi connectivity index (χ1v) is 7.96. The molecule has 1 aromatic rings. The molecule has 3 heterocycles. The van der Waals surface area contributed by atoms with Gasteiger partial charge in [0.15, 0.2) is 0 Å². The Hall–Kier alpha value is -1.61. The molecule has 2 saturated heterocycles. The summed E-state index contributed by atoms with van der Waals surface area (Å²) < 4.78 is 44.0. The standard InChI is InChI=1S/C15H21F3N4O2/c1-10-11(7-22(19-10)9-15(16,17)18)14(23)21-4-3-13-12(8-21)20(2)5-6-24-13/h7,12-13H,3-6,8-9H2,1-2H3/t12-,13-/m0/s1. The number of amides is 1.